The molecule has 2 atom stereocenters. The Hall–Kier alpha value is 0.01000. The minimum absolute atomic E-state index is 0. The third kappa shape index (κ3) is 2.82. The van der Waals surface area contributed by atoms with Crippen LogP contribution in [-0.4, -0.2) is 11.2 Å². The first-order valence-corrected chi connectivity index (χ1v) is 5.74. The van der Waals surface area contributed by atoms with E-state index >= 15 is 0 Å². The third-order valence-corrected chi connectivity index (χ3v) is 3.47. The van der Waals surface area contributed by atoms with Crippen LogP contribution >= 0.6 is 35.6 Å². The lowest BCUT2D eigenvalue weighted by molar-refractivity contribution is 0.122. The first-order chi connectivity index (χ1) is 7.11. The highest BCUT2D eigenvalue weighted by Gasteiger charge is 2.35. The monoisotopic (exact) mass is 281 g/mol. The van der Waals surface area contributed by atoms with Crippen LogP contribution in [0.4, 0.5) is 0 Å². The summed E-state index contributed by atoms with van der Waals surface area (Å²) >= 11 is 12.0. The number of hydrogen-bond donors (Lipinski definition) is 2. The molecule has 1 aromatic rings. The molecule has 2 nitrogen and oxygen atoms in total. The summed E-state index contributed by atoms with van der Waals surface area (Å²) in [6, 6.07) is 4.76. The van der Waals surface area contributed by atoms with E-state index in [1.807, 2.05) is 0 Å². The molecule has 3 N–H and O–H groups in total. The molecule has 0 amide bonds. The maximum atomic E-state index is 9.92. The van der Waals surface area contributed by atoms with E-state index in [-0.39, 0.29) is 12.4 Å². The van der Waals surface area contributed by atoms with Gasteiger partial charge in [-0.1, -0.05) is 29.3 Å². The summed E-state index contributed by atoms with van der Waals surface area (Å²) in [6.45, 7) is 0. The molecule has 1 aromatic carbocycles. The van der Waals surface area contributed by atoms with Crippen molar-refractivity contribution in [3.63, 3.8) is 0 Å². The van der Waals surface area contributed by atoms with E-state index in [9.17, 15) is 5.11 Å². The van der Waals surface area contributed by atoms with Gasteiger partial charge >= 0.3 is 0 Å². The summed E-state index contributed by atoms with van der Waals surface area (Å²) in [5.74, 6) is 0.312. The van der Waals surface area contributed by atoms with Crippen LogP contribution in [0, 0.1) is 5.92 Å². The normalized spacial score (nSPS) is 18.8. The Labute approximate surface area is 111 Å². The smallest absolute Gasteiger partial charge is 0.0761 e. The Balaban J connectivity index is 0.00000128. The molecule has 5 heteroatoms. The molecule has 1 aliphatic carbocycles. The van der Waals surface area contributed by atoms with Gasteiger partial charge in [0, 0.05) is 15.6 Å². The first-order valence-electron chi connectivity index (χ1n) is 4.99. The fraction of sp³-hybridized carbons (Fsp3) is 0.455. The summed E-state index contributed by atoms with van der Waals surface area (Å²) in [5.41, 5.74) is 6.62. The molecule has 0 heterocycles. The Bertz CT molecular complexity index is 348. The van der Waals surface area contributed by atoms with E-state index < -0.39 is 12.1 Å². The van der Waals surface area contributed by atoms with Crippen LogP contribution in [-0.2, 0) is 0 Å². The summed E-state index contributed by atoms with van der Waals surface area (Å²) in [6.07, 6.45) is 1.54. The second-order valence-electron chi connectivity index (χ2n) is 3.99. The summed E-state index contributed by atoms with van der Waals surface area (Å²) < 4.78 is 0. The molecule has 1 saturated carbocycles. The number of aliphatic hydroxyl groups excluding tert-OH is 1. The van der Waals surface area contributed by atoms with Crippen molar-refractivity contribution in [1.29, 1.82) is 0 Å². The molecule has 0 aromatic heterocycles. The number of hydrogen-bond acceptors (Lipinski definition) is 2. The van der Waals surface area contributed by atoms with Crippen LogP contribution in [0.3, 0.4) is 0 Å². The number of aliphatic hydroxyl groups is 1. The Morgan fingerprint density at radius 2 is 1.75 bits per heavy atom. The van der Waals surface area contributed by atoms with Crippen LogP contribution in [0.1, 0.15) is 24.4 Å². The zero-order valence-corrected chi connectivity index (χ0v) is 10.9. The maximum Gasteiger partial charge on any atom is 0.0761 e. The highest BCUT2D eigenvalue weighted by atomic mass is 35.5. The van der Waals surface area contributed by atoms with Crippen molar-refractivity contribution in [2.45, 2.75) is 25.0 Å². The number of benzene rings is 1. The first kappa shape index (κ1) is 14.1. The van der Waals surface area contributed by atoms with Gasteiger partial charge in [0.2, 0.25) is 0 Å². The minimum Gasteiger partial charge on any atom is -0.391 e. The predicted octanol–water partition coefficient (Wildman–Crippen LogP) is 3.19. The number of rotatable bonds is 3. The van der Waals surface area contributed by atoms with Gasteiger partial charge in [0.1, 0.15) is 0 Å². The van der Waals surface area contributed by atoms with Gasteiger partial charge in [-0.15, -0.1) is 12.4 Å². The van der Waals surface area contributed by atoms with Crippen molar-refractivity contribution in [2.24, 2.45) is 11.7 Å². The summed E-state index contributed by atoms with van der Waals surface area (Å²) in [5, 5.41) is 11.0. The number of nitrogens with two attached hydrogens (primary N) is 1. The molecule has 0 spiro atoms. The van der Waals surface area contributed by atoms with Crippen molar-refractivity contribution in [3.05, 3.63) is 33.8 Å². The van der Waals surface area contributed by atoms with Gasteiger partial charge in [-0.2, -0.15) is 0 Å². The average Bonchev–Trinajstić information content (AvgIpc) is 2.99. The van der Waals surface area contributed by atoms with Gasteiger partial charge in [-0.25, -0.2) is 0 Å². The van der Waals surface area contributed by atoms with E-state index in [4.69, 9.17) is 28.9 Å². The van der Waals surface area contributed by atoms with E-state index in [2.05, 4.69) is 0 Å². The van der Waals surface area contributed by atoms with Crippen LogP contribution in [0.2, 0.25) is 10.0 Å². The van der Waals surface area contributed by atoms with Crippen molar-refractivity contribution < 1.29 is 5.11 Å². The van der Waals surface area contributed by atoms with E-state index in [0.29, 0.717) is 21.5 Å². The zero-order chi connectivity index (χ0) is 11.0. The van der Waals surface area contributed by atoms with Crippen molar-refractivity contribution in [2.75, 3.05) is 0 Å². The molecule has 0 unspecified atom stereocenters. The Morgan fingerprint density at radius 3 is 2.19 bits per heavy atom. The predicted molar refractivity (Wildman–Crippen MR) is 69.4 cm³/mol. The lowest BCUT2D eigenvalue weighted by Crippen LogP contribution is -2.28. The molecule has 16 heavy (non-hydrogen) atoms. The lowest BCUT2D eigenvalue weighted by Gasteiger charge is -2.20. The van der Waals surface area contributed by atoms with Crippen molar-refractivity contribution >= 4 is 35.6 Å². The molecule has 0 saturated heterocycles. The van der Waals surface area contributed by atoms with Gasteiger partial charge in [-0.3, -0.25) is 0 Å². The fourth-order valence-electron chi connectivity index (χ4n) is 1.73. The minimum atomic E-state index is -0.539. The average molecular weight is 283 g/mol. The summed E-state index contributed by atoms with van der Waals surface area (Å²) in [4.78, 5) is 0. The van der Waals surface area contributed by atoms with Crippen LogP contribution < -0.4 is 5.73 Å². The summed E-state index contributed by atoms with van der Waals surface area (Å²) in [7, 11) is 0. The van der Waals surface area contributed by atoms with E-state index in [1.54, 1.807) is 18.2 Å². The quantitative estimate of drug-likeness (QED) is 0.894. The van der Waals surface area contributed by atoms with Gasteiger partial charge < -0.3 is 10.8 Å². The largest absolute Gasteiger partial charge is 0.391 e. The van der Waals surface area contributed by atoms with Crippen LogP contribution in [0.5, 0.6) is 0 Å². The fourth-order valence-corrected chi connectivity index (χ4v) is 2.38. The van der Waals surface area contributed by atoms with Crippen molar-refractivity contribution in [3.8, 4) is 0 Å². The number of halogens is 3. The topological polar surface area (TPSA) is 46.2 Å². The van der Waals surface area contributed by atoms with E-state index in [1.165, 1.54) is 0 Å². The Kier molecular flexibility index (Phi) is 4.89. The molecule has 1 fully saturated rings. The molecule has 0 aliphatic heterocycles. The second-order valence-corrected chi connectivity index (χ2v) is 4.80. The van der Waals surface area contributed by atoms with Gasteiger partial charge in [0.15, 0.2) is 0 Å². The van der Waals surface area contributed by atoms with Crippen molar-refractivity contribution in [1.82, 2.24) is 0 Å². The molecule has 90 valence electrons. The highest BCUT2D eigenvalue weighted by Crippen LogP contribution is 2.40. The SMILES string of the molecule is Cl.N[C@H](c1c(Cl)cccc1Cl)[C@@H](O)C1CC1. The molecular weight excluding hydrogens is 268 g/mol. The molecule has 0 bridgehead atoms. The van der Waals surface area contributed by atoms with Crippen LogP contribution in [0.15, 0.2) is 18.2 Å². The molecule has 1 aliphatic rings. The standard InChI is InChI=1S/C11H13Cl2NO.ClH/c12-7-2-1-3-8(13)9(7)10(14)11(15)6-4-5-6;/h1-3,6,10-11,15H,4-5,14H2;1H/t10-,11+;/m1./s1. The van der Waals surface area contributed by atoms with Gasteiger partial charge in [-0.05, 0) is 30.9 Å². The van der Waals surface area contributed by atoms with E-state index in [0.717, 1.165) is 12.8 Å². The molecule has 2 rings (SSSR count). The maximum absolute atomic E-state index is 9.92. The van der Waals surface area contributed by atoms with Crippen LogP contribution in [0.25, 0.3) is 0 Å². The second kappa shape index (κ2) is 5.56. The molecule has 0 radical (unpaired) electrons. The van der Waals surface area contributed by atoms with Gasteiger partial charge in [0.25, 0.3) is 0 Å². The highest BCUT2D eigenvalue weighted by molar-refractivity contribution is 6.36. The third-order valence-electron chi connectivity index (χ3n) is 2.81. The lowest BCUT2D eigenvalue weighted by atomic mass is 9.99. The molecular formula is C11H14Cl3NO. The zero-order valence-electron chi connectivity index (χ0n) is 8.57. The van der Waals surface area contributed by atoms with Gasteiger partial charge in [0.05, 0.1) is 12.1 Å². The Morgan fingerprint density at radius 1 is 1.25 bits per heavy atom.